The van der Waals surface area contributed by atoms with Gasteiger partial charge in [0.1, 0.15) is 5.76 Å². The highest BCUT2D eigenvalue weighted by Crippen LogP contribution is 2.50. The van der Waals surface area contributed by atoms with Crippen molar-refractivity contribution in [1.82, 2.24) is 0 Å². The average molecular weight is 229 g/mol. The van der Waals surface area contributed by atoms with Crippen molar-refractivity contribution in [1.29, 1.82) is 0 Å². The smallest absolute Gasteiger partial charge is 0.408 e. The van der Waals surface area contributed by atoms with Crippen LogP contribution in [-0.4, -0.2) is 19.1 Å². The fourth-order valence-corrected chi connectivity index (χ4v) is 1.91. The molecule has 0 fully saturated rings. The van der Waals surface area contributed by atoms with Gasteiger partial charge in [0.15, 0.2) is 0 Å². The molecule has 13 heavy (non-hydrogen) atoms. The highest BCUT2D eigenvalue weighted by Gasteiger charge is 2.27. The van der Waals surface area contributed by atoms with Crippen molar-refractivity contribution in [2.75, 3.05) is 19.1 Å². The van der Waals surface area contributed by atoms with Crippen molar-refractivity contribution in [3.63, 3.8) is 0 Å². The minimum absolute atomic E-state index is 0.0597. The largest absolute Gasteiger partial charge is 0.529 e. The SMILES string of the molecule is C=C(CCl)OP(=O)(OCC)OCC. The summed E-state index contributed by atoms with van der Waals surface area (Å²) in [6.45, 7) is 7.31. The van der Waals surface area contributed by atoms with E-state index in [2.05, 4.69) is 6.58 Å². The third-order valence-electron chi connectivity index (χ3n) is 0.964. The van der Waals surface area contributed by atoms with E-state index in [9.17, 15) is 4.57 Å². The van der Waals surface area contributed by atoms with E-state index in [4.69, 9.17) is 25.2 Å². The first-order chi connectivity index (χ1) is 6.08. The van der Waals surface area contributed by atoms with Gasteiger partial charge >= 0.3 is 7.82 Å². The summed E-state index contributed by atoms with van der Waals surface area (Å²) in [4.78, 5) is 0. The molecule has 0 spiro atoms. The summed E-state index contributed by atoms with van der Waals surface area (Å²) in [7, 11) is -3.48. The fourth-order valence-electron chi connectivity index (χ4n) is 0.589. The van der Waals surface area contributed by atoms with Gasteiger partial charge < -0.3 is 4.52 Å². The summed E-state index contributed by atoms with van der Waals surface area (Å²) in [6, 6.07) is 0. The van der Waals surface area contributed by atoms with Gasteiger partial charge in [-0.2, -0.15) is 0 Å². The zero-order chi connectivity index (χ0) is 10.3. The third-order valence-corrected chi connectivity index (χ3v) is 2.89. The molecule has 0 saturated carbocycles. The molecular formula is C7H14ClO4P. The molecule has 0 amide bonds. The van der Waals surface area contributed by atoms with Crippen LogP contribution in [-0.2, 0) is 18.1 Å². The number of phosphoric ester groups is 1. The summed E-state index contributed by atoms with van der Waals surface area (Å²) >= 11 is 5.40. The van der Waals surface area contributed by atoms with Gasteiger partial charge in [-0.05, 0) is 13.8 Å². The standard InChI is InChI=1S/C7H14ClO4P/c1-4-10-13(9,11-5-2)12-7(3)6-8/h3-6H2,1-2H3. The van der Waals surface area contributed by atoms with Gasteiger partial charge in [0.05, 0.1) is 19.1 Å². The predicted molar refractivity (Wildman–Crippen MR) is 51.8 cm³/mol. The second kappa shape index (κ2) is 6.44. The molecule has 0 aromatic carbocycles. The van der Waals surface area contributed by atoms with E-state index in [1.807, 2.05) is 0 Å². The van der Waals surface area contributed by atoms with Crippen molar-refractivity contribution in [3.8, 4) is 0 Å². The van der Waals surface area contributed by atoms with Crippen molar-refractivity contribution in [2.45, 2.75) is 13.8 Å². The van der Waals surface area contributed by atoms with Gasteiger partial charge in [-0.25, -0.2) is 4.57 Å². The Hall–Kier alpha value is -0.0200. The van der Waals surface area contributed by atoms with Crippen LogP contribution in [0, 0.1) is 0 Å². The van der Waals surface area contributed by atoms with Crippen LogP contribution >= 0.6 is 19.4 Å². The topological polar surface area (TPSA) is 44.8 Å². The van der Waals surface area contributed by atoms with Crippen molar-refractivity contribution in [2.24, 2.45) is 0 Å². The van der Waals surface area contributed by atoms with E-state index in [1.165, 1.54) is 0 Å². The number of alkyl halides is 1. The van der Waals surface area contributed by atoms with Gasteiger partial charge in [-0.3, -0.25) is 9.05 Å². The minimum Gasteiger partial charge on any atom is -0.408 e. The van der Waals surface area contributed by atoms with Gasteiger partial charge in [-0.15, -0.1) is 11.6 Å². The summed E-state index contributed by atoms with van der Waals surface area (Å²) < 4.78 is 26.1. The lowest BCUT2D eigenvalue weighted by Gasteiger charge is -2.17. The highest BCUT2D eigenvalue weighted by atomic mass is 35.5. The first-order valence-electron chi connectivity index (χ1n) is 3.90. The molecule has 0 aliphatic rings. The third kappa shape index (κ3) is 5.32. The van der Waals surface area contributed by atoms with Crippen molar-refractivity contribution >= 4 is 19.4 Å². The number of halogens is 1. The van der Waals surface area contributed by atoms with E-state index < -0.39 is 7.82 Å². The molecule has 4 nitrogen and oxygen atoms in total. The highest BCUT2D eigenvalue weighted by molar-refractivity contribution is 7.48. The maximum atomic E-state index is 11.6. The number of hydrogen-bond donors (Lipinski definition) is 0. The molecule has 0 aromatic rings. The lowest BCUT2D eigenvalue weighted by Crippen LogP contribution is -2.00. The molecule has 0 rings (SSSR count). The zero-order valence-electron chi connectivity index (χ0n) is 7.79. The Morgan fingerprint density at radius 2 is 1.85 bits per heavy atom. The Bertz CT molecular complexity index is 197. The van der Waals surface area contributed by atoms with Gasteiger partial charge in [-0.1, -0.05) is 6.58 Å². The molecule has 78 valence electrons. The lowest BCUT2D eigenvalue weighted by molar-refractivity contribution is 0.146. The van der Waals surface area contributed by atoms with E-state index in [1.54, 1.807) is 13.8 Å². The molecule has 0 radical (unpaired) electrons. The van der Waals surface area contributed by atoms with E-state index in [-0.39, 0.29) is 24.9 Å². The van der Waals surface area contributed by atoms with Crippen LogP contribution in [0.2, 0.25) is 0 Å². The van der Waals surface area contributed by atoms with E-state index in [0.717, 1.165) is 0 Å². The second-order valence-electron chi connectivity index (χ2n) is 2.05. The second-order valence-corrected chi connectivity index (χ2v) is 3.91. The predicted octanol–water partition coefficient (Wildman–Crippen LogP) is 2.94. The average Bonchev–Trinajstić information content (AvgIpc) is 2.04. The van der Waals surface area contributed by atoms with Crippen LogP contribution in [0.5, 0.6) is 0 Å². The van der Waals surface area contributed by atoms with Gasteiger partial charge in [0.2, 0.25) is 0 Å². The Kier molecular flexibility index (Phi) is 6.43. The summed E-state index contributed by atoms with van der Waals surface area (Å²) in [5, 5.41) is 0. The Morgan fingerprint density at radius 3 is 2.15 bits per heavy atom. The minimum atomic E-state index is -3.48. The van der Waals surface area contributed by atoms with E-state index >= 15 is 0 Å². The van der Waals surface area contributed by atoms with Crippen LogP contribution in [0.4, 0.5) is 0 Å². The molecular weight excluding hydrogens is 214 g/mol. The molecule has 0 atom stereocenters. The lowest BCUT2D eigenvalue weighted by atomic mass is 10.7. The van der Waals surface area contributed by atoms with E-state index in [0.29, 0.717) is 0 Å². The molecule has 0 heterocycles. The Labute approximate surface area is 83.4 Å². The quantitative estimate of drug-likeness (QED) is 0.382. The van der Waals surface area contributed by atoms with Crippen LogP contribution in [0.1, 0.15) is 13.8 Å². The number of hydrogen-bond acceptors (Lipinski definition) is 4. The molecule has 0 aromatic heterocycles. The van der Waals surface area contributed by atoms with Crippen molar-refractivity contribution in [3.05, 3.63) is 12.3 Å². The summed E-state index contributed by atoms with van der Waals surface area (Å²) in [5.74, 6) is 0.233. The van der Waals surface area contributed by atoms with Crippen LogP contribution in [0.25, 0.3) is 0 Å². The van der Waals surface area contributed by atoms with Gasteiger partial charge in [0, 0.05) is 0 Å². The summed E-state index contributed by atoms with van der Waals surface area (Å²) in [6.07, 6.45) is 0. The first kappa shape index (κ1) is 13.0. The number of phosphoric acid groups is 1. The fraction of sp³-hybridized carbons (Fsp3) is 0.714. The first-order valence-corrected chi connectivity index (χ1v) is 5.90. The number of allylic oxidation sites excluding steroid dienone is 1. The zero-order valence-corrected chi connectivity index (χ0v) is 9.44. The molecule has 6 heteroatoms. The molecule has 0 saturated heterocycles. The van der Waals surface area contributed by atoms with Crippen LogP contribution in [0.3, 0.4) is 0 Å². The van der Waals surface area contributed by atoms with Crippen LogP contribution in [0.15, 0.2) is 12.3 Å². The Morgan fingerprint density at radius 1 is 1.38 bits per heavy atom. The maximum absolute atomic E-state index is 11.6. The number of rotatable bonds is 7. The molecule has 0 N–H and O–H groups in total. The molecule has 0 aliphatic heterocycles. The maximum Gasteiger partial charge on any atom is 0.529 e. The molecule has 0 aliphatic carbocycles. The monoisotopic (exact) mass is 228 g/mol. The van der Waals surface area contributed by atoms with Crippen LogP contribution < -0.4 is 0 Å². The van der Waals surface area contributed by atoms with Gasteiger partial charge in [0.25, 0.3) is 0 Å². The van der Waals surface area contributed by atoms with Crippen molar-refractivity contribution < 1.29 is 18.1 Å². The molecule has 0 unspecified atom stereocenters. The summed E-state index contributed by atoms with van der Waals surface area (Å²) in [5.41, 5.74) is 0. The Balaban J connectivity index is 4.23. The normalized spacial score (nSPS) is 11.3. The molecule has 0 bridgehead atoms.